The maximum absolute atomic E-state index is 11.3. The molecular weight excluding hydrogens is 224 g/mol. The Morgan fingerprint density at radius 1 is 1.41 bits per heavy atom. The predicted octanol–water partition coefficient (Wildman–Crippen LogP) is -0.0769. The van der Waals surface area contributed by atoms with Gasteiger partial charge in [-0.15, -0.1) is 12.3 Å². The first-order valence-electron chi connectivity index (χ1n) is 5.37. The molecule has 6 nitrogen and oxygen atoms in total. The van der Waals surface area contributed by atoms with Gasteiger partial charge in [0, 0.05) is 13.0 Å². The van der Waals surface area contributed by atoms with Crippen molar-refractivity contribution in [1.29, 1.82) is 0 Å². The third-order valence-electron chi connectivity index (χ3n) is 2.07. The molecule has 17 heavy (non-hydrogen) atoms. The number of hydrogen-bond donors (Lipinski definition) is 4. The summed E-state index contributed by atoms with van der Waals surface area (Å²) in [5, 5.41) is 22.5. The first-order valence-corrected chi connectivity index (χ1v) is 5.37. The number of carboxylic acid groups (broad SMARTS) is 1. The van der Waals surface area contributed by atoms with Gasteiger partial charge in [-0.3, -0.25) is 0 Å². The van der Waals surface area contributed by atoms with Crippen LogP contribution in [0.2, 0.25) is 0 Å². The van der Waals surface area contributed by atoms with Crippen molar-refractivity contribution in [2.45, 2.75) is 38.3 Å². The molecule has 0 aliphatic heterocycles. The molecule has 0 aromatic rings. The number of carboxylic acids is 1. The Hall–Kier alpha value is -1.74. The monoisotopic (exact) mass is 242 g/mol. The van der Waals surface area contributed by atoms with Crippen LogP contribution >= 0.6 is 0 Å². The highest BCUT2D eigenvalue weighted by atomic mass is 16.4. The summed E-state index contributed by atoms with van der Waals surface area (Å²) < 4.78 is 0. The van der Waals surface area contributed by atoms with Crippen molar-refractivity contribution in [1.82, 2.24) is 10.6 Å². The number of unbranched alkanes of at least 4 members (excludes halogenated alkanes) is 2. The van der Waals surface area contributed by atoms with Gasteiger partial charge in [0.1, 0.15) is 0 Å². The molecule has 2 atom stereocenters. The zero-order valence-corrected chi connectivity index (χ0v) is 9.77. The molecule has 0 rings (SSSR count). The van der Waals surface area contributed by atoms with Gasteiger partial charge in [-0.05, 0) is 19.8 Å². The highest BCUT2D eigenvalue weighted by Crippen LogP contribution is 1.94. The number of nitrogens with one attached hydrogen (secondary N) is 2. The zero-order chi connectivity index (χ0) is 13.3. The van der Waals surface area contributed by atoms with Gasteiger partial charge in [0.2, 0.25) is 0 Å². The van der Waals surface area contributed by atoms with E-state index in [4.69, 9.17) is 16.6 Å². The summed E-state index contributed by atoms with van der Waals surface area (Å²) in [7, 11) is 0. The van der Waals surface area contributed by atoms with E-state index in [0.29, 0.717) is 13.0 Å². The van der Waals surface area contributed by atoms with E-state index in [2.05, 4.69) is 16.6 Å². The van der Waals surface area contributed by atoms with E-state index in [1.165, 1.54) is 6.92 Å². The van der Waals surface area contributed by atoms with Crippen LogP contribution in [0.3, 0.4) is 0 Å². The standard InChI is InChI=1S/C11H18N2O4/c1-3-4-5-6-7-12-11(17)13-9(8(2)14)10(15)16/h1,8-9,14H,4-7H2,2H3,(H,15,16)(H2,12,13,17). The highest BCUT2D eigenvalue weighted by Gasteiger charge is 2.24. The lowest BCUT2D eigenvalue weighted by atomic mass is 10.2. The fourth-order valence-corrected chi connectivity index (χ4v) is 1.13. The van der Waals surface area contributed by atoms with Gasteiger partial charge in [0.25, 0.3) is 0 Å². The SMILES string of the molecule is C#CCCCCNC(=O)NC(C(=O)O)C(C)O. The minimum Gasteiger partial charge on any atom is -0.480 e. The van der Waals surface area contributed by atoms with Gasteiger partial charge in [0.15, 0.2) is 6.04 Å². The number of carbonyl (C=O) groups excluding carboxylic acids is 1. The summed E-state index contributed by atoms with van der Waals surface area (Å²) in [6.45, 7) is 1.71. The first-order chi connectivity index (χ1) is 7.99. The van der Waals surface area contributed by atoms with Gasteiger partial charge in [-0.2, -0.15) is 0 Å². The molecule has 0 radical (unpaired) electrons. The Labute approximate surface area is 100 Å². The van der Waals surface area contributed by atoms with Crippen molar-refractivity contribution in [3.05, 3.63) is 0 Å². The average Bonchev–Trinajstić information content (AvgIpc) is 2.24. The van der Waals surface area contributed by atoms with Gasteiger partial charge in [-0.1, -0.05) is 0 Å². The summed E-state index contributed by atoms with van der Waals surface area (Å²) in [4.78, 5) is 21.9. The Morgan fingerprint density at radius 3 is 2.53 bits per heavy atom. The van der Waals surface area contributed by atoms with Crippen LogP contribution in [0, 0.1) is 12.3 Å². The van der Waals surface area contributed by atoms with Crippen LogP contribution in [0.25, 0.3) is 0 Å². The van der Waals surface area contributed by atoms with E-state index in [-0.39, 0.29) is 0 Å². The van der Waals surface area contributed by atoms with Gasteiger partial charge >= 0.3 is 12.0 Å². The lowest BCUT2D eigenvalue weighted by Crippen LogP contribution is -2.51. The summed E-state index contributed by atoms with van der Waals surface area (Å²) in [6, 6.07) is -1.92. The second-order valence-corrected chi connectivity index (χ2v) is 3.62. The lowest BCUT2D eigenvalue weighted by molar-refractivity contribution is -0.141. The van der Waals surface area contributed by atoms with Crippen LogP contribution in [-0.2, 0) is 4.79 Å². The largest absolute Gasteiger partial charge is 0.480 e. The smallest absolute Gasteiger partial charge is 0.328 e. The molecule has 0 aliphatic carbocycles. The third kappa shape index (κ3) is 7.19. The summed E-state index contributed by atoms with van der Waals surface area (Å²) >= 11 is 0. The number of rotatable bonds is 7. The highest BCUT2D eigenvalue weighted by molar-refractivity contribution is 5.82. The van der Waals surface area contributed by atoms with Crippen molar-refractivity contribution >= 4 is 12.0 Å². The molecule has 96 valence electrons. The number of aliphatic hydroxyl groups is 1. The molecule has 0 aliphatic rings. The number of aliphatic carboxylic acids is 1. The number of amides is 2. The molecule has 6 heteroatoms. The number of aliphatic hydroxyl groups excluding tert-OH is 1. The number of urea groups is 1. The molecule has 0 heterocycles. The molecule has 2 unspecified atom stereocenters. The van der Waals surface area contributed by atoms with Crippen LogP contribution < -0.4 is 10.6 Å². The van der Waals surface area contributed by atoms with Gasteiger partial charge in [0.05, 0.1) is 6.10 Å². The maximum atomic E-state index is 11.3. The molecule has 0 aromatic carbocycles. The zero-order valence-electron chi connectivity index (χ0n) is 9.77. The third-order valence-corrected chi connectivity index (χ3v) is 2.07. The van der Waals surface area contributed by atoms with Crippen molar-refractivity contribution in [3.8, 4) is 12.3 Å². The van der Waals surface area contributed by atoms with E-state index < -0.39 is 24.1 Å². The van der Waals surface area contributed by atoms with E-state index in [1.807, 2.05) is 0 Å². The van der Waals surface area contributed by atoms with Crippen LogP contribution in [-0.4, -0.2) is 40.9 Å². The van der Waals surface area contributed by atoms with E-state index >= 15 is 0 Å². The molecule has 0 fully saturated rings. The van der Waals surface area contributed by atoms with Crippen molar-refractivity contribution in [2.75, 3.05) is 6.54 Å². The fourth-order valence-electron chi connectivity index (χ4n) is 1.13. The minimum atomic E-state index is -1.30. The van der Waals surface area contributed by atoms with Crippen molar-refractivity contribution in [3.63, 3.8) is 0 Å². The number of terminal acetylenes is 1. The fraction of sp³-hybridized carbons (Fsp3) is 0.636. The van der Waals surface area contributed by atoms with E-state index in [9.17, 15) is 9.59 Å². The molecular formula is C11H18N2O4. The van der Waals surface area contributed by atoms with Crippen LogP contribution in [0.5, 0.6) is 0 Å². The molecule has 0 spiro atoms. The molecule has 0 aromatic heterocycles. The topological polar surface area (TPSA) is 98.7 Å². The lowest BCUT2D eigenvalue weighted by Gasteiger charge is -2.17. The van der Waals surface area contributed by atoms with Crippen molar-refractivity contribution < 1.29 is 19.8 Å². The Morgan fingerprint density at radius 2 is 2.06 bits per heavy atom. The summed E-state index contributed by atoms with van der Waals surface area (Å²) in [5.74, 6) is 1.20. The second-order valence-electron chi connectivity index (χ2n) is 3.62. The Kier molecular flexibility index (Phi) is 7.55. The number of hydrogen-bond acceptors (Lipinski definition) is 3. The molecule has 0 saturated heterocycles. The summed E-state index contributed by atoms with van der Waals surface area (Å²) in [6.07, 6.45) is 6.08. The van der Waals surface area contributed by atoms with Gasteiger partial charge in [-0.25, -0.2) is 9.59 Å². The maximum Gasteiger partial charge on any atom is 0.328 e. The van der Waals surface area contributed by atoms with Crippen LogP contribution in [0.15, 0.2) is 0 Å². The number of carbonyl (C=O) groups is 2. The molecule has 4 N–H and O–H groups in total. The minimum absolute atomic E-state index is 0.416. The quantitative estimate of drug-likeness (QED) is 0.371. The predicted molar refractivity (Wildman–Crippen MR) is 62.3 cm³/mol. The average molecular weight is 242 g/mol. The first kappa shape index (κ1) is 15.3. The van der Waals surface area contributed by atoms with E-state index in [1.54, 1.807) is 0 Å². The molecule has 0 bridgehead atoms. The van der Waals surface area contributed by atoms with Crippen LogP contribution in [0.4, 0.5) is 4.79 Å². The Bertz CT molecular complexity index is 296. The van der Waals surface area contributed by atoms with Crippen molar-refractivity contribution in [2.24, 2.45) is 0 Å². The van der Waals surface area contributed by atoms with Gasteiger partial charge < -0.3 is 20.8 Å². The normalized spacial score (nSPS) is 13.2. The summed E-state index contributed by atoms with van der Waals surface area (Å²) in [5.41, 5.74) is 0. The molecule has 0 saturated carbocycles. The van der Waals surface area contributed by atoms with Crippen LogP contribution in [0.1, 0.15) is 26.2 Å². The Balaban J connectivity index is 3.84. The second kappa shape index (κ2) is 8.42. The van der Waals surface area contributed by atoms with E-state index in [0.717, 1.165) is 12.8 Å². The molecule has 2 amide bonds.